The molecule has 1 spiro atoms. The molecule has 8 nitrogen and oxygen atoms in total. The first-order valence-electron chi connectivity index (χ1n) is 13.2. The van der Waals surface area contributed by atoms with E-state index in [4.69, 9.17) is 14.6 Å². The summed E-state index contributed by atoms with van der Waals surface area (Å²) in [6, 6.07) is -0.893. The quantitative estimate of drug-likeness (QED) is 0.141. The van der Waals surface area contributed by atoms with Crippen LogP contribution in [0, 0.1) is 11.8 Å². The van der Waals surface area contributed by atoms with Gasteiger partial charge in [0.2, 0.25) is 11.8 Å². The number of hydrogen-bond acceptors (Lipinski definition) is 6. The molecular formula is C27H41BrN2O6. The molecule has 202 valence electrons. The summed E-state index contributed by atoms with van der Waals surface area (Å²) in [5.74, 6) is -2.30. The molecule has 3 heterocycles. The van der Waals surface area contributed by atoms with Crippen LogP contribution in [-0.2, 0) is 23.9 Å². The van der Waals surface area contributed by atoms with Gasteiger partial charge in [0.25, 0.3) is 0 Å². The van der Waals surface area contributed by atoms with Gasteiger partial charge in [0.05, 0.1) is 24.5 Å². The minimum atomic E-state index is -1.07. The number of unbranched alkanes of at least 4 members (excludes halogenated alkanes) is 4. The Morgan fingerprint density at radius 3 is 2.61 bits per heavy atom. The van der Waals surface area contributed by atoms with Crippen molar-refractivity contribution < 1.29 is 29.0 Å². The molecule has 9 heteroatoms. The van der Waals surface area contributed by atoms with E-state index in [1.54, 1.807) is 22.0 Å². The van der Waals surface area contributed by atoms with Gasteiger partial charge in [0, 0.05) is 30.6 Å². The van der Waals surface area contributed by atoms with Crippen molar-refractivity contribution in [2.75, 3.05) is 26.3 Å². The van der Waals surface area contributed by atoms with Crippen LogP contribution < -0.4 is 0 Å². The molecule has 2 bridgehead atoms. The number of fused-ring (bicyclic) bond motifs is 1. The van der Waals surface area contributed by atoms with Crippen LogP contribution in [0.5, 0.6) is 0 Å². The van der Waals surface area contributed by atoms with Gasteiger partial charge in [-0.1, -0.05) is 40.9 Å². The van der Waals surface area contributed by atoms with Crippen LogP contribution in [-0.4, -0.2) is 87.6 Å². The fourth-order valence-corrected chi connectivity index (χ4v) is 6.96. The summed E-state index contributed by atoms with van der Waals surface area (Å²) in [5, 5.41) is 9.08. The summed E-state index contributed by atoms with van der Waals surface area (Å²) in [6.45, 7) is 12.5. The fourth-order valence-electron chi connectivity index (χ4n) is 6.01. The van der Waals surface area contributed by atoms with Crippen molar-refractivity contribution in [2.45, 2.75) is 87.4 Å². The summed E-state index contributed by atoms with van der Waals surface area (Å²) in [7, 11) is 0. The molecule has 3 rings (SSSR count). The first kappa shape index (κ1) is 28.9. The van der Waals surface area contributed by atoms with Gasteiger partial charge in [-0.3, -0.25) is 14.4 Å². The van der Waals surface area contributed by atoms with Gasteiger partial charge >= 0.3 is 5.97 Å². The molecule has 3 saturated heterocycles. The Morgan fingerprint density at radius 1 is 1.25 bits per heavy atom. The molecule has 3 fully saturated rings. The van der Waals surface area contributed by atoms with Crippen LogP contribution >= 0.6 is 15.9 Å². The molecule has 2 amide bonds. The standard InChI is InChI=1S/C27H41BrN2O6/c1-5-7-12-16-35-26(34)20-21-24(32)30(14-10-8-9-11-15-31)23(25(33)29(13-6-2)18(3)4)27(21)17-19(28)22(20)36-27/h5-6,18-23,31H,1-2,7-17H2,3-4H3/t19?,20-,21+,22-,23?,27?/m1/s1. The first-order chi connectivity index (χ1) is 17.2. The number of esters is 1. The number of aliphatic hydroxyl groups excluding tert-OH is 1. The maximum absolute atomic E-state index is 14.1. The van der Waals surface area contributed by atoms with Crippen molar-refractivity contribution in [2.24, 2.45) is 11.8 Å². The van der Waals surface area contributed by atoms with Gasteiger partial charge in [0.15, 0.2) is 0 Å². The highest BCUT2D eigenvalue weighted by atomic mass is 79.9. The van der Waals surface area contributed by atoms with Gasteiger partial charge in [-0.15, -0.1) is 13.2 Å². The Balaban J connectivity index is 1.92. The Kier molecular flexibility index (Phi) is 10.2. The highest BCUT2D eigenvalue weighted by Crippen LogP contribution is 2.60. The molecule has 1 N–H and O–H groups in total. The van der Waals surface area contributed by atoms with Crippen molar-refractivity contribution in [3.05, 3.63) is 25.3 Å². The number of aliphatic hydroxyl groups is 1. The normalized spacial score (nSPS) is 30.5. The van der Waals surface area contributed by atoms with Crippen LogP contribution in [0.2, 0.25) is 0 Å². The summed E-state index contributed by atoms with van der Waals surface area (Å²) in [4.78, 5) is 44.4. The molecule has 0 saturated carbocycles. The number of carbonyl (C=O) groups is 3. The lowest BCUT2D eigenvalue weighted by molar-refractivity contribution is -0.155. The Labute approximate surface area is 223 Å². The molecule has 0 aromatic carbocycles. The van der Waals surface area contributed by atoms with Gasteiger partial charge in [0.1, 0.15) is 11.6 Å². The summed E-state index contributed by atoms with van der Waals surface area (Å²) in [5.41, 5.74) is -1.07. The van der Waals surface area contributed by atoms with Crippen LogP contribution in [0.25, 0.3) is 0 Å². The molecule has 6 atom stereocenters. The number of allylic oxidation sites excluding steroid dienone is 1. The lowest BCUT2D eigenvalue weighted by Gasteiger charge is -2.38. The van der Waals surface area contributed by atoms with Crippen molar-refractivity contribution in [1.29, 1.82) is 0 Å². The number of hydrogen-bond donors (Lipinski definition) is 1. The van der Waals surface area contributed by atoms with E-state index < -0.39 is 35.6 Å². The van der Waals surface area contributed by atoms with Gasteiger partial charge in [-0.25, -0.2) is 0 Å². The van der Waals surface area contributed by atoms with E-state index in [1.165, 1.54) is 0 Å². The summed E-state index contributed by atoms with van der Waals surface area (Å²) in [6.07, 6.45) is 7.93. The van der Waals surface area contributed by atoms with E-state index in [1.807, 2.05) is 13.8 Å². The maximum Gasteiger partial charge on any atom is 0.312 e. The van der Waals surface area contributed by atoms with E-state index in [0.717, 1.165) is 19.3 Å². The minimum absolute atomic E-state index is 0.0866. The number of likely N-dealkylation sites (tertiary alicyclic amines) is 1. The second kappa shape index (κ2) is 12.7. The number of rotatable bonds is 15. The average molecular weight is 570 g/mol. The van der Waals surface area contributed by atoms with E-state index >= 15 is 0 Å². The zero-order valence-electron chi connectivity index (χ0n) is 21.6. The minimum Gasteiger partial charge on any atom is -0.465 e. The van der Waals surface area contributed by atoms with Crippen LogP contribution in [0.15, 0.2) is 25.3 Å². The zero-order valence-corrected chi connectivity index (χ0v) is 23.2. The number of alkyl halides is 1. The molecule has 0 aromatic heterocycles. The van der Waals surface area contributed by atoms with E-state index in [9.17, 15) is 14.4 Å². The second-order valence-electron chi connectivity index (χ2n) is 10.3. The smallest absolute Gasteiger partial charge is 0.312 e. The Hall–Kier alpha value is -1.71. The third-order valence-electron chi connectivity index (χ3n) is 7.63. The van der Waals surface area contributed by atoms with Crippen LogP contribution in [0.1, 0.15) is 58.8 Å². The lowest BCUT2D eigenvalue weighted by Crippen LogP contribution is -2.58. The van der Waals surface area contributed by atoms with E-state index in [-0.39, 0.29) is 35.9 Å². The highest BCUT2D eigenvalue weighted by Gasteiger charge is 2.77. The maximum atomic E-state index is 14.1. The molecule has 0 radical (unpaired) electrons. The average Bonchev–Trinajstić information content (AvgIpc) is 3.43. The van der Waals surface area contributed by atoms with Crippen LogP contribution in [0.4, 0.5) is 0 Å². The molecule has 3 unspecified atom stereocenters. The predicted octanol–water partition coefficient (Wildman–Crippen LogP) is 3.22. The molecule has 3 aliphatic rings. The number of ether oxygens (including phenoxy) is 2. The highest BCUT2D eigenvalue weighted by molar-refractivity contribution is 9.09. The molecule has 36 heavy (non-hydrogen) atoms. The number of nitrogens with zero attached hydrogens (tertiary/aromatic N) is 2. The van der Waals surface area contributed by atoms with Gasteiger partial charge < -0.3 is 24.4 Å². The third-order valence-corrected chi connectivity index (χ3v) is 8.48. The third kappa shape index (κ3) is 5.43. The SMILES string of the molecule is C=CCCCOC(=O)[C@H]1[C@@H]2OC3(CC2Br)C(C(=O)N(CC=C)C(C)C)N(CCCCCCO)C(=O)[C@H]13. The molecule has 0 aromatic rings. The molecule has 0 aliphatic carbocycles. The monoisotopic (exact) mass is 568 g/mol. The fraction of sp³-hybridized carbons (Fsp3) is 0.741. The Bertz CT molecular complexity index is 835. The lowest BCUT2D eigenvalue weighted by atomic mass is 9.70. The van der Waals surface area contributed by atoms with Crippen molar-refractivity contribution in [3.8, 4) is 0 Å². The summed E-state index contributed by atoms with van der Waals surface area (Å²) >= 11 is 3.68. The zero-order chi connectivity index (χ0) is 26.5. The topological polar surface area (TPSA) is 96.4 Å². The van der Waals surface area contributed by atoms with Crippen molar-refractivity contribution >= 4 is 33.7 Å². The van der Waals surface area contributed by atoms with E-state index in [2.05, 4.69) is 29.1 Å². The number of carbonyl (C=O) groups excluding carboxylic acids is 3. The first-order valence-corrected chi connectivity index (χ1v) is 14.1. The Morgan fingerprint density at radius 2 is 1.97 bits per heavy atom. The summed E-state index contributed by atoms with van der Waals surface area (Å²) < 4.78 is 12.1. The van der Waals surface area contributed by atoms with Crippen molar-refractivity contribution in [3.63, 3.8) is 0 Å². The predicted molar refractivity (Wildman–Crippen MR) is 140 cm³/mol. The number of halogens is 1. The largest absolute Gasteiger partial charge is 0.465 e. The van der Waals surface area contributed by atoms with Crippen molar-refractivity contribution in [1.82, 2.24) is 9.80 Å². The molecular weight excluding hydrogens is 528 g/mol. The number of amides is 2. The van der Waals surface area contributed by atoms with Crippen LogP contribution in [0.3, 0.4) is 0 Å². The van der Waals surface area contributed by atoms with Gasteiger partial charge in [-0.05, 0) is 46.0 Å². The second-order valence-corrected chi connectivity index (χ2v) is 11.5. The van der Waals surface area contributed by atoms with E-state index in [0.29, 0.717) is 38.8 Å². The van der Waals surface area contributed by atoms with Gasteiger partial charge in [-0.2, -0.15) is 0 Å². The molecule has 3 aliphatic heterocycles.